The standard InChI is InChI=1S/C29H25ClF5N7O5/c1-29(2,3)47-28(45)41(10-20(31)32)25-22-13(18(11-43)39-40-26(22)44)6-17(38-25)15-9-37-42(27(34)35)24(15)21-14(8-36)19(46-12-4-5-12)7-16(30)23(21)33/h6-7,9,12,20,27,43H,4-5,10-11H2,1-3H3,(H,40,44). The van der Waals surface area contributed by atoms with Crippen molar-refractivity contribution in [3.63, 3.8) is 0 Å². The van der Waals surface area contributed by atoms with Crippen molar-refractivity contribution in [3.05, 3.63) is 50.8 Å². The van der Waals surface area contributed by atoms with Gasteiger partial charge in [0, 0.05) is 17.0 Å². The van der Waals surface area contributed by atoms with Gasteiger partial charge in [-0.15, -0.1) is 0 Å². The summed E-state index contributed by atoms with van der Waals surface area (Å²) in [6.45, 7) is -1.16. The Balaban J connectivity index is 1.87. The molecule has 4 aromatic rings. The van der Waals surface area contributed by atoms with E-state index in [0.29, 0.717) is 17.7 Å². The van der Waals surface area contributed by atoms with Gasteiger partial charge in [-0.2, -0.15) is 24.2 Å². The van der Waals surface area contributed by atoms with Crippen LogP contribution in [0.3, 0.4) is 0 Å². The number of pyridine rings is 1. The van der Waals surface area contributed by atoms with E-state index in [-0.39, 0.29) is 27.6 Å². The molecule has 0 saturated heterocycles. The number of ether oxygens (including phenoxy) is 2. The Bertz CT molecular complexity index is 1970. The van der Waals surface area contributed by atoms with E-state index >= 15 is 4.39 Å². The number of amides is 1. The van der Waals surface area contributed by atoms with Crippen LogP contribution >= 0.6 is 11.6 Å². The highest BCUT2D eigenvalue weighted by molar-refractivity contribution is 6.31. The summed E-state index contributed by atoms with van der Waals surface area (Å²) in [5.74, 6) is -2.17. The molecule has 0 radical (unpaired) electrons. The molecule has 248 valence electrons. The lowest BCUT2D eigenvalue weighted by molar-refractivity contribution is 0.0542. The summed E-state index contributed by atoms with van der Waals surface area (Å²) in [5, 5.41) is 28.3. The first-order chi connectivity index (χ1) is 22.1. The maximum absolute atomic E-state index is 15.8. The molecule has 0 unspecified atom stereocenters. The summed E-state index contributed by atoms with van der Waals surface area (Å²) in [4.78, 5) is 30.9. The Morgan fingerprint density at radius 3 is 2.55 bits per heavy atom. The van der Waals surface area contributed by atoms with Crippen LogP contribution in [0.15, 0.2) is 23.1 Å². The van der Waals surface area contributed by atoms with Gasteiger partial charge >= 0.3 is 12.6 Å². The number of carbonyl (C=O) groups is 1. The Labute approximate surface area is 267 Å². The first-order valence-corrected chi connectivity index (χ1v) is 14.3. The Morgan fingerprint density at radius 1 is 1.28 bits per heavy atom. The van der Waals surface area contributed by atoms with Crippen molar-refractivity contribution in [2.75, 3.05) is 11.4 Å². The van der Waals surface area contributed by atoms with E-state index in [1.165, 1.54) is 20.8 Å². The minimum absolute atomic E-state index is 0.0885. The van der Waals surface area contributed by atoms with E-state index in [9.17, 15) is 37.5 Å². The number of rotatable bonds is 9. The summed E-state index contributed by atoms with van der Waals surface area (Å²) in [6.07, 6.45) is -2.73. The zero-order valence-electron chi connectivity index (χ0n) is 24.8. The number of alkyl halides is 4. The van der Waals surface area contributed by atoms with Crippen molar-refractivity contribution >= 4 is 34.3 Å². The maximum atomic E-state index is 15.8. The zero-order chi connectivity index (χ0) is 34.4. The van der Waals surface area contributed by atoms with Crippen molar-refractivity contribution in [2.45, 2.75) is 64.9 Å². The minimum Gasteiger partial charge on any atom is -0.489 e. The predicted octanol–water partition coefficient (Wildman–Crippen LogP) is 5.95. The fourth-order valence-electron chi connectivity index (χ4n) is 4.72. The molecular weight excluding hydrogens is 657 g/mol. The number of aliphatic hydroxyl groups is 1. The number of nitriles is 1. The molecule has 47 heavy (non-hydrogen) atoms. The smallest absolute Gasteiger partial charge is 0.416 e. The fraction of sp³-hybridized carbons (Fsp3) is 0.379. The molecule has 1 aliphatic carbocycles. The second kappa shape index (κ2) is 12.8. The predicted molar refractivity (Wildman–Crippen MR) is 157 cm³/mol. The van der Waals surface area contributed by atoms with Crippen LogP contribution in [0.2, 0.25) is 5.02 Å². The molecule has 2 N–H and O–H groups in total. The summed E-state index contributed by atoms with van der Waals surface area (Å²) in [6, 6.07) is 3.90. The Morgan fingerprint density at radius 2 is 1.98 bits per heavy atom. The zero-order valence-corrected chi connectivity index (χ0v) is 25.6. The van der Waals surface area contributed by atoms with Crippen LogP contribution in [0.5, 0.6) is 5.75 Å². The van der Waals surface area contributed by atoms with Crippen LogP contribution < -0.4 is 15.2 Å². The van der Waals surface area contributed by atoms with Gasteiger partial charge in [0.15, 0.2) is 11.6 Å². The molecule has 1 aromatic carbocycles. The molecular formula is C29H25ClF5N7O5. The lowest BCUT2D eigenvalue weighted by Gasteiger charge is -2.27. The van der Waals surface area contributed by atoms with Gasteiger partial charge in [-0.25, -0.2) is 32.7 Å². The maximum Gasteiger partial charge on any atom is 0.416 e. The summed E-state index contributed by atoms with van der Waals surface area (Å²) in [5.41, 5.74) is -5.16. The van der Waals surface area contributed by atoms with Gasteiger partial charge < -0.3 is 14.6 Å². The van der Waals surface area contributed by atoms with E-state index < -0.39 is 93.5 Å². The average molecular weight is 682 g/mol. The van der Waals surface area contributed by atoms with Gasteiger partial charge in [0.2, 0.25) is 0 Å². The SMILES string of the molecule is CC(C)(C)OC(=O)N(CC(F)F)c1nc(-c2cnn(C(F)F)c2-c2c(F)c(Cl)cc(OC3CC3)c2C#N)cc2c(CO)n[nH]c(=O)c12. The molecule has 1 amide bonds. The second-order valence-corrected chi connectivity index (χ2v) is 11.8. The van der Waals surface area contributed by atoms with Crippen LogP contribution in [0.1, 0.15) is 51.4 Å². The number of H-pyrrole nitrogens is 1. The number of aliphatic hydroxyl groups excluding tert-OH is 1. The molecule has 0 bridgehead atoms. The van der Waals surface area contributed by atoms with E-state index in [4.69, 9.17) is 21.1 Å². The second-order valence-electron chi connectivity index (χ2n) is 11.4. The molecule has 0 atom stereocenters. The lowest BCUT2D eigenvalue weighted by atomic mass is 9.98. The molecule has 0 spiro atoms. The normalized spacial score (nSPS) is 13.3. The molecule has 3 heterocycles. The van der Waals surface area contributed by atoms with Crippen LogP contribution in [-0.4, -0.2) is 60.8 Å². The van der Waals surface area contributed by atoms with Crippen molar-refractivity contribution in [1.82, 2.24) is 25.0 Å². The van der Waals surface area contributed by atoms with Crippen LogP contribution in [0, 0.1) is 17.1 Å². The lowest BCUT2D eigenvalue weighted by Crippen LogP contribution is -2.40. The minimum atomic E-state index is -3.41. The number of nitrogens with zero attached hydrogens (tertiary/aromatic N) is 6. The van der Waals surface area contributed by atoms with Gasteiger partial charge in [-0.1, -0.05) is 11.6 Å². The quantitative estimate of drug-likeness (QED) is 0.204. The summed E-state index contributed by atoms with van der Waals surface area (Å²) >= 11 is 6.14. The molecule has 12 nitrogen and oxygen atoms in total. The van der Waals surface area contributed by atoms with Crippen molar-refractivity contribution in [2.24, 2.45) is 0 Å². The van der Waals surface area contributed by atoms with E-state index in [1.54, 1.807) is 6.07 Å². The largest absolute Gasteiger partial charge is 0.489 e. The highest BCUT2D eigenvalue weighted by Gasteiger charge is 2.34. The van der Waals surface area contributed by atoms with Gasteiger partial charge in [0.1, 0.15) is 23.0 Å². The first-order valence-electron chi connectivity index (χ1n) is 13.9. The van der Waals surface area contributed by atoms with E-state index in [1.807, 2.05) is 0 Å². The summed E-state index contributed by atoms with van der Waals surface area (Å²) in [7, 11) is 0. The number of anilines is 1. The van der Waals surface area contributed by atoms with E-state index in [0.717, 1.165) is 18.3 Å². The highest BCUT2D eigenvalue weighted by Crippen LogP contribution is 2.44. The van der Waals surface area contributed by atoms with Gasteiger partial charge in [-0.3, -0.25) is 9.69 Å². The van der Waals surface area contributed by atoms with Crippen LogP contribution in [-0.2, 0) is 11.3 Å². The number of benzene rings is 1. The summed E-state index contributed by atoms with van der Waals surface area (Å²) < 4.78 is 83.6. The number of hydrogen-bond acceptors (Lipinski definition) is 9. The van der Waals surface area contributed by atoms with Crippen molar-refractivity contribution in [3.8, 4) is 34.3 Å². The molecule has 1 aliphatic rings. The number of aromatic nitrogens is 5. The topological polar surface area (TPSA) is 159 Å². The molecule has 5 rings (SSSR count). The number of fused-ring (bicyclic) bond motifs is 1. The number of halogens is 6. The van der Waals surface area contributed by atoms with Crippen LogP contribution in [0.25, 0.3) is 33.3 Å². The van der Waals surface area contributed by atoms with Gasteiger partial charge in [0.05, 0.1) is 58.5 Å². The van der Waals surface area contributed by atoms with Gasteiger partial charge in [-0.05, 0) is 39.7 Å². The fourth-order valence-corrected chi connectivity index (χ4v) is 4.91. The Kier molecular flexibility index (Phi) is 9.11. The number of aromatic amines is 1. The van der Waals surface area contributed by atoms with Gasteiger partial charge in [0.25, 0.3) is 12.0 Å². The monoisotopic (exact) mass is 681 g/mol. The van der Waals surface area contributed by atoms with Crippen LogP contribution in [0.4, 0.5) is 32.6 Å². The number of nitrogens with one attached hydrogen (secondary N) is 1. The van der Waals surface area contributed by atoms with Crippen molar-refractivity contribution < 1.29 is 41.3 Å². The first kappa shape index (κ1) is 33.5. The van der Waals surface area contributed by atoms with Crippen molar-refractivity contribution in [1.29, 1.82) is 5.26 Å². The third-order valence-electron chi connectivity index (χ3n) is 6.78. The van der Waals surface area contributed by atoms with E-state index in [2.05, 4.69) is 20.3 Å². The molecule has 1 fully saturated rings. The highest BCUT2D eigenvalue weighted by atomic mass is 35.5. The average Bonchev–Trinajstić information content (AvgIpc) is 3.70. The third-order valence-corrected chi connectivity index (χ3v) is 7.05. The Hall–Kier alpha value is -4.82. The molecule has 0 aliphatic heterocycles. The molecule has 1 saturated carbocycles. The number of carbonyl (C=O) groups excluding carboxylic acids is 1. The number of hydrogen-bond donors (Lipinski definition) is 2. The molecule has 18 heteroatoms. The molecule has 3 aromatic heterocycles. The third kappa shape index (κ3) is 6.69.